The Labute approximate surface area is 113 Å². The van der Waals surface area contributed by atoms with Crippen LogP contribution in [-0.4, -0.2) is 47.6 Å². The zero-order chi connectivity index (χ0) is 14.0. The first kappa shape index (κ1) is 14.2. The van der Waals surface area contributed by atoms with Crippen LogP contribution in [0.3, 0.4) is 0 Å². The maximum atomic E-state index is 11.7. The second-order valence-electron chi connectivity index (χ2n) is 4.72. The third-order valence-corrected chi connectivity index (χ3v) is 4.95. The Balaban J connectivity index is 2.02. The van der Waals surface area contributed by atoms with Crippen molar-refractivity contribution in [3.8, 4) is 6.01 Å². The van der Waals surface area contributed by atoms with E-state index in [2.05, 4.69) is 9.97 Å². The molecule has 0 bridgehead atoms. The number of ether oxygens (including phenoxy) is 1. The van der Waals surface area contributed by atoms with Crippen LogP contribution in [-0.2, 0) is 10.0 Å². The molecule has 0 saturated carbocycles. The highest BCUT2D eigenvalue weighted by atomic mass is 32.2. The smallest absolute Gasteiger partial charge is 0.317 e. The molecule has 1 fully saturated rings. The number of hydrogen-bond donors (Lipinski definition) is 0. The summed E-state index contributed by atoms with van der Waals surface area (Å²) >= 11 is 0. The lowest BCUT2D eigenvalue weighted by atomic mass is 10.3. The van der Waals surface area contributed by atoms with Crippen LogP contribution in [0.5, 0.6) is 6.01 Å². The number of nitrogens with zero attached hydrogens (tertiary/aromatic N) is 3. The molecule has 1 aliphatic rings. The Morgan fingerprint density at radius 2 is 2.00 bits per heavy atom. The summed E-state index contributed by atoms with van der Waals surface area (Å²) in [6, 6.07) is 2.20. The summed E-state index contributed by atoms with van der Waals surface area (Å²) < 4.78 is 30.6. The van der Waals surface area contributed by atoms with Crippen molar-refractivity contribution < 1.29 is 13.2 Å². The summed E-state index contributed by atoms with van der Waals surface area (Å²) in [5.74, 6) is 0.125. The lowest BCUT2D eigenvalue weighted by molar-refractivity contribution is 0.197. The quantitative estimate of drug-likeness (QED) is 0.821. The molecule has 1 aliphatic heterocycles. The molecule has 1 unspecified atom stereocenters. The molecule has 0 spiro atoms. The summed E-state index contributed by atoms with van der Waals surface area (Å²) in [5.41, 5.74) is 1.69. The molecular weight excluding hydrogens is 266 g/mol. The van der Waals surface area contributed by atoms with Gasteiger partial charge in [-0.2, -0.15) is 4.31 Å². The minimum atomic E-state index is -3.13. The zero-order valence-electron chi connectivity index (χ0n) is 11.5. The number of rotatable bonds is 4. The lowest BCUT2D eigenvalue weighted by Crippen LogP contribution is -2.32. The molecule has 0 N–H and O–H groups in total. The van der Waals surface area contributed by atoms with Gasteiger partial charge in [0.2, 0.25) is 10.0 Å². The van der Waals surface area contributed by atoms with E-state index in [1.165, 1.54) is 4.31 Å². The number of sulfonamides is 1. The fourth-order valence-corrected chi connectivity index (χ4v) is 3.27. The summed E-state index contributed by atoms with van der Waals surface area (Å²) in [6.07, 6.45) is 0.512. The van der Waals surface area contributed by atoms with Crippen LogP contribution in [0, 0.1) is 13.8 Å². The molecule has 0 amide bonds. The topological polar surface area (TPSA) is 72.4 Å². The highest BCUT2D eigenvalue weighted by molar-refractivity contribution is 7.89. The van der Waals surface area contributed by atoms with Crippen molar-refractivity contribution in [1.82, 2.24) is 14.3 Å². The van der Waals surface area contributed by atoms with Crippen LogP contribution in [0.1, 0.15) is 24.7 Å². The lowest BCUT2D eigenvalue weighted by Gasteiger charge is -2.15. The van der Waals surface area contributed by atoms with Crippen molar-refractivity contribution >= 4 is 10.0 Å². The third kappa shape index (κ3) is 3.42. The van der Waals surface area contributed by atoms with E-state index >= 15 is 0 Å². The Hall–Kier alpha value is -1.21. The molecule has 1 aromatic heterocycles. The van der Waals surface area contributed by atoms with Gasteiger partial charge in [0.1, 0.15) is 6.10 Å². The van der Waals surface area contributed by atoms with Gasteiger partial charge in [-0.1, -0.05) is 0 Å². The minimum absolute atomic E-state index is 0.125. The van der Waals surface area contributed by atoms with Gasteiger partial charge in [0.05, 0.1) is 12.3 Å². The van der Waals surface area contributed by atoms with Gasteiger partial charge in [-0.15, -0.1) is 0 Å². The summed E-state index contributed by atoms with van der Waals surface area (Å²) in [4.78, 5) is 8.41. The van der Waals surface area contributed by atoms with Crippen LogP contribution in [0.4, 0.5) is 0 Å². The largest absolute Gasteiger partial charge is 0.459 e. The van der Waals surface area contributed by atoms with Crippen LogP contribution in [0.2, 0.25) is 0 Å². The van der Waals surface area contributed by atoms with Crippen molar-refractivity contribution in [2.75, 3.05) is 18.8 Å². The van der Waals surface area contributed by atoms with Gasteiger partial charge < -0.3 is 4.74 Å². The second-order valence-corrected chi connectivity index (χ2v) is 6.98. The molecule has 6 nitrogen and oxygen atoms in total. The predicted octanol–water partition coefficient (Wildman–Crippen LogP) is 0.896. The molecule has 1 aromatic rings. The maximum Gasteiger partial charge on any atom is 0.317 e. The van der Waals surface area contributed by atoms with E-state index in [9.17, 15) is 8.42 Å². The highest BCUT2D eigenvalue weighted by Crippen LogP contribution is 2.18. The van der Waals surface area contributed by atoms with Crippen LogP contribution < -0.4 is 4.74 Å². The fraction of sp³-hybridized carbons (Fsp3) is 0.667. The van der Waals surface area contributed by atoms with E-state index < -0.39 is 10.0 Å². The van der Waals surface area contributed by atoms with Gasteiger partial charge in [0, 0.05) is 17.9 Å². The van der Waals surface area contributed by atoms with Gasteiger partial charge in [-0.05, 0) is 33.3 Å². The predicted molar refractivity (Wildman–Crippen MR) is 71.6 cm³/mol. The summed E-state index contributed by atoms with van der Waals surface area (Å²) in [5, 5.41) is 0. The van der Waals surface area contributed by atoms with Crippen LogP contribution >= 0.6 is 0 Å². The molecule has 19 heavy (non-hydrogen) atoms. The Morgan fingerprint density at radius 3 is 2.58 bits per heavy atom. The molecule has 2 rings (SSSR count). The molecule has 2 heterocycles. The van der Waals surface area contributed by atoms with Gasteiger partial charge >= 0.3 is 6.01 Å². The van der Waals surface area contributed by atoms with E-state index in [1.807, 2.05) is 19.9 Å². The highest BCUT2D eigenvalue weighted by Gasteiger charge is 2.31. The molecule has 7 heteroatoms. The van der Waals surface area contributed by atoms with Gasteiger partial charge in [0.15, 0.2) is 0 Å². The normalized spacial score (nSPS) is 20.7. The van der Waals surface area contributed by atoms with Crippen molar-refractivity contribution in [2.45, 2.75) is 33.3 Å². The average molecular weight is 285 g/mol. The van der Waals surface area contributed by atoms with Crippen LogP contribution in [0.25, 0.3) is 0 Å². The SMILES string of the molecule is CCS(=O)(=O)N1CCC(Oc2nc(C)cc(C)n2)C1. The zero-order valence-corrected chi connectivity index (χ0v) is 12.3. The van der Waals surface area contributed by atoms with Gasteiger partial charge in [0.25, 0.3) is 0 Å². The van der Waals surface area contributed by atoms with Gasteiger partial charge in [-0.25, -0.2) is 18.4 Å². The Kier molecular flexibility index (Phi) is 4.05. The Morgan fingerprint density at radius 1 is 1.37 bits per heavy atom. The van der Waals surface area contributed by atoms with E-state index in [1.54, 1.807) is 6.92 Å². The van der Waals surface area contributed by atoms with E-state index in [4.69, 9.17) is 4.74 Å². The summed E-state index contributed by atoms with van der Waals surface area (Å²) in [7, 11) is -3.13. The molecular formula is C12H19N3O3S. The molecule has 1 saturated heterocycles. The molecule has 106 valence electrons. The van der Waals surface area contributed by atoms with Crippen molar-refractivity contribution in [2.24, 2.45) is 0 Å². The van der Waals surface area contributed by atoms with Crippen molar-refractivity contribution in [3.05, 3.63) is 17.5 Å². The monoisotopic (exact) mass is 285 g/mol. The van der Waals surface area contributed by atoms with Gasteiger partial charge in [-0.3, -0.25) is 0 Å². The first-order chi connectivity index (χ1) is 8.90. The Bertz CT molecular complexity index is 539. The third-order valence-electron chi connectivity index (χ3n) is 3.10. The minimum Gasteiger partial charge on any atom is -0.459 e. The molecule has 0 aromatic carbocycles. The molecule has 1 atom stereocenters. The standard InChI is InChI=1S/C12H19N3O3S/c1-4-19(16,17)15-6-5-11(8-15)18-12-13-9(2)7-10(3)14-12/h7,11H,4-6,8H2,1-3H3. The number of aromatic nitrogens is 2. The summed E-state index contributed by atoms with van der Waals surface area (Å²) in [6.45, 7) is 6.29. The van der Waals surface area contributed by atoms with E-state index in [0.29, 0.717) is 25.5 Å². The second kappa shape index (κ2) is 5.42. The van der Waals surface area contributed by atoms with Crippen molar-refractivity contribution in [1.29, 1.82) is 0 Å². The van der Waals surface area contributed by atoms with Crippen LogP contribution in [0.15, 0.2) is 6.07 Å². The first-order valence-corrected chi connectivity index (χ1v) is 7.98. The number of aryl methyl sites for hydroxylation is 2. The molecule has 0 aliphatic carbocycles. The van der Waals surface area contributed by atoms with E-state index in [0.717, 1.165) is 11.4 Å². The fourth-order valence-electron chi connectivity index (χ4n) is 2.12. The average Bonchev–Trinajstić information content (AvgIpc) is 2.77. The first-order valence-electron chi connectivity index (χ1n) is 6.37. The number of hydrogen-bond acceptors (Lipinski definition) is 5. The van der Waals surface area contributed by atoms with Crippen molar-refractivity contribution in [3.63, 3.8) is 0 Å². The van der Waals surface area contributed by atoms with E-state index in [-0.39, 0.29) is 11.9 Å². The molecule has 0 radical (unpaired) electrons. The maximum absolute atomic E-state index is 11.7.